The third-order valence-corrected chi connectivity index (χ3v) is 4.43. The van der Waals surface area contributed by atoms with Crippen LogP contribution in [0.15, 0.2) is 48.7 Å². The summed E-state index contributed by atoms with van der Waals surface area (Å²) in [6.07, 6.45) is 2.33. The van der Waals surface area contributed by atoms with Gasteiger partial charge in [0.15, 0.2) is 0 Å². The molecular formula is C21H26N4O4. The van der Waals surface area contributed by atoms with Crippen LogP contribution in [0.5, 0.6) is 0 Å². The molecule has 0 bridgehead atoms. The van der Waals surface area contributed by atoms with Crippen molar-refractivity contribution in [1.29, 1.82) is 0 Å². The summed E-state index contributed by atoms with van der Waals surface area (Å²) in [6.45, 7) is 5.81. The number of rotatable bonds is 4. The molecule has 1 atom stereocenters. The predicted octanol–water partition coefficient (Wildman–Crippen LogP) is 3.21. The summed E-state index contributed by atoms with van der Waals surface area (Å²) < 4.78 is 6.77. The first kappa shape index (κ1) is 20.4. The lowest BCUT2D eigenvalue weighted by Crippen LogP contribution is -2.47. The molecule has 3 amide bonds. The van der Waals surface area contributed by atoms with Gasteiger partial charge in [-0.15, -0.1) is 0 Å². The van der Waals surface area contributed by atoms with E-state index in [0.29, 0.717) is 25.1 Å². The fourth-order valence-electron chi connectivity index (χ4n) is 3.15. The molecule has 8 nitrogen and oxygen atoms in total. The van der Waals surface area contributed by atoms with Crippen molar-refractivity contribution in [2.75, 3.05) is 17.3 Å². The molecule has 1 aromatic heterocycles. The summed E-state index contributed by atoms with van der Waals surface area (Å²) >= 11 is 0. The fourth-order valence-corrected chi connectivity index (χ4v) is 3.15. The van der Waals surface area contributed by atoms with Crippen LogP contribution in [0, 0.1) is 0 Å². The molecule has 0 unspecified atom stereocenters. The van der Waals surface area contributed by atoms with Gasteiger partial charge in [0.1, 0.15) is 17.3 Å². The number of carbonyl (C=O) groups is 3. The minimum absolute atomic E-state index is 0.281. The molecule has 1 aliphatic heterocycles. The highest BCUT2D eigenvalue weighted by Crippen LogP contribution is 2.21. The number of nitrogens with one attached hydrogen (secondary N) is 2. The van der Waals surface area contributed by atoms with Gasteiger partial charge in [0.25, 0.3) is 11.8 Å². The zero-order valence-corrected chi connectivity index (χ0v) is 16.8. The van der Waals surface area contributed by atoms with E-state index in [1.165, 1.54) is 9.58 Å². The van der Waals surface area contributed by atoms with E-state index in [4.69, 9.17) is 4.74 Å². The number of carbonyl (C=O) groups excluding carboxylic acids is 3. The van der Waals surface area contributed by atoms with Crippen LogP contribution in [0.4, 0.5) is 10.5 Å². The number of nitrogens with zero attached hydrogens (tertiary/aromatic N) is 2. The van der Waals surface area contributed by atoms with Gasteiger partial charge in [-0.25, -0.2) is 4.79 Å². The third kappa shape index (κ3) is 5.16. The van der Waals surface area contributed by atoms with E-state index in [9.17, 15) is 14.4 Å². The Bertz CT molecular complexity index is 886. The van der Waals surface area contributed by atoms with Gasteiger partial charge < -0.3 is 10.1 Å². The van der Waals surface area contributed by atoms with E-state index in [1.807, 2.05) is 18.2 Å². The molecule has 3 rings (SSSR count). The molecule has 2 aromatic rings. The Balaban J connectivity index is 1.67. The van der Waals surface area contributed by atoms with E-state index in [1.54, 1.807) is 51.2 Å². The van der Waals surface area contributed by atoms with Crippen LogP contribution in [0.3, 0.4) is 0 Å². The Morgan fingerprint density at radius 2 is 1.79 bits per heavy atom. The van der Waals surface area contributed by atoms with Crippen molar-refractivity contribution in [2.45, 2.75) is 45.3 Å². The first-order chi connectivity index (χ1) is 13.7. The molecule has 1 aliphatic rings. The van der Waals surface area contributed by atoms with E-state index in [-0.39, 0.29) is 17.5 Å². The number of ether oxygens (including phenoxy) is 1. The molecular weight excluding hydrogens is 372 g/mol. The van der Waals surface area contributed by atoms with Crippen molar-refractivity contribution in [2.24, 2.45) is 0 Å². The summed E-state index contributed by atoms with van der Waals surface area (Å²) in [5.41, 5.74) is 3.02. The number of hydrogen-bond acceptors (Lipinski definition) is 4. The number of aromatic nitrogens is 1. The molecule has 0 saturated carbocycles. The number of amides is 3. The monoisotopic (exact) mass is 398 g/mol. The minimum atomic E-state index is -0.641. The van der Waals surface area contributed by atoms with Gasteiger partial charge in [0.2, 0.25) is 0 Å². The third-order valence-electron chi connectivity index (χ3n) is 4.43. The molecule has 2 N–H and O–H groups in total. The van der Waals surface area contributed by atoms with E-state index < -0.39 is 17.7 Å². The lowest BCUT2D eigenvalue weighted by molar-refractivity contribution is -0.121. The largest absolute Gasteiger partial charge is 0.444 e. The average Bonchev–Trinajstić information content (AvgIpc) is 3.30. The summed E-state index contributed by atoms with van der Waals surface area (Å²) in [4.78, 5) is 39.2. The van der Waals surface area contributed by atoms with Gasteiger partial charge in [0.05, 0.1) is 0 Å². The number of hydrogen-bond donors (Lipinski definition) is 2. The second-order valence-corrected chi connectivity index (χ2v) is 7.89. The number of benzene rings is 1. The Morgan fingerprint density at radius 1 is 1.07 bits per heavy atom. The molecule has 0 spiro atoms. The first-order valence-electron chi connectivity index (χ1n) is 9.59. The lowest BCUT2D eigenvalue weighted by atomic mass is 10.2. The van der Waals surface area contributed by atoms with Crippen LogP contribution in [-0.2, 0) is 9.53 Å². The summed E-state index contributed by atoms with van der Waals surface area (Å²) in [7, 11) is 0. The second-order valence-electron chi connectivity index (χ2n) is 7.89. The van der Waals surface area contributed by atoms with Gasteiger partial charge >= 0.3 is 6.09 Å². The molecule has 29 heavy (non-hydrogen) atoms. The van der Waals surface area contributed by atoms with E-state index >= 15 is 0 Å². The van der Waals surface area contributed by atoms with Gasteiger partial charge in [-0.05, 0) is 57.9 Å². The van der Waals surface area contributed by atoms with Crippen LogP contribution >= 0.6 is 0 Å². The Labute approximate surface area is 169 Å². The van der Waals surface area contributed by atoms with Crippen LogP contribution in [0.2, 0.25) is 0 Å². The van der Waals surface area contributed by atoms with Crippen molar-refractivity contribution in [3.63, 3.8) is 0 Å². The maximum atomic E-state index is 12.8. The molecule has 1 saturated heterocycles. The fraction of sp³-hybridized carbons (Fsp3) is 0.381. The molecule has 154 valence electrons. The predicted molar refractivity (Wildman–Crippen MR) is 109 cm³/mol. The van der Waals surface area contributed by atoms with Gasteiger partial charge in [-0.2, -0.15) is 0 Å². The Kier molecular flexibility index (Phi) is 5.91. The minimum Gasteiger partial charge on any atom is -0.444 e. The molecule has 8 heteroatoms. The Morgan fingerprint density at radius 3 is 2.48 bits per heavy atom. The highest BCUT2D eigenvalue weighted by Gasteiger charge is 2.37. The van der Waals surface area contributed by atoms with Crippen molar-refractivity contribution < 1.29 is 19.1 Å². The van der Waals surface area contributed by atoms with E-state index in [2.05, 4.69) is 10.7 Å². The number of anilines is 1. The molecule has 1 fully saturated rings. The molecule has 1 aromatic carbocycles. The standard InChI is InChI=1S/C21H26N4O4/c1-21(2,3)29-20(28)24-13-7-11-16(24)19(27)23-25-14-8-12-17(25)18(26)22-15-9-5-4-6-10-15/h4-6,8-10,12,14,16H,7,11,13H2,1-3H3,(H,22,26)(H,23,27)/t16-/m0/s1. The summed E-state index contributed by atoms with van der Waals surface area (Å²) in [5, 5.41) is 2.78. The van der Waals surface area contributed by atoms with Crippen LogP contribution in [-0.4, -0.2) is 45.7 Å². The smallest absolute Gasteiger partial charge is 0.410 e. The zero-order chi connectivity index (χ0) is 21.0. The average molecular weight is 398 g/mol. The molecule has 0 radical (unpaired) electrons. The van der Waals surface area contributed by atoms with E-state index in [0.717, 1.165) is 0 Å². The van der Waals surface area contributed by atoms with Crippen LogP contribution < -0.4 is 10.7 Å². The molecule has 2 heterocycles. The Hall–Kier alpha value is -3.29. The van der Waals surface area contributed by atoms with Gasteiger partial charge in [-0.3, -0.25) is 24.6 Å². The zero-order valence-electron chi connectivity index (χ0n) is 16.8. The van der Waals surface area contributed by atoms with Crippen molar-refractivity contribution in [3.8, 4) is 0 Å². The quantitative estimate of drug-likeness (QED) is 0.827. The molecule has 0 aliphatic carbocycles. The maximum absolute atomic E-state index is 12.8. The van der Waals surface area contributed by atoms with Crippen LogP contribution in [0.25, 0.3) is 0 Å². The lowest BCUT2D eigenvalue weighted by Gasteiger charge is -2.28. The van der Waals surface area contributed by atoms with Crippen molar-refractivity contribution in [3.05, 3.63) is 54.4 Å². The SMILES string of the molecule is CC(C)(C)OC(=O)N1CCC[C@H]1C(=O)Nn1cccc1C(=O)Nc1ccccc1. The highest BCUT2D eigenvalue weighted by molar-refractivity contribution is 6.04. The topological polar surface area (TPSA) is 92.7 Å². The number of likely N-dealkylation sites (tertiary alicyclic amines) is 1. The summed E-state index contributed by atoms with van der Waals surface area (Å²) in [6, 6.07) is 11.7. The highest BCUT2D eigenvalue weighted by atomic mass is 16.6. The van der Waals surface area contributed by atoms with Crippen molar-refractivity contribution >= 4 is 23.6 Å². The summed E-state index contributed by atoms with van der Waals surface area (Å²) in [5.74, 6) is -0.713. The van der Waals surface area contributed by atoms with Crippen molar-refractivity contribution in [1.82, 2.24) is 9.58 Å². The van der Waals surface area contributed by atoms with Crippen LogP contribution in [0.1, 0.15) is 44.1 Å². The second kappa shape index (κ2) is 8.38. The first-order valence-corrected chi connectivity index (χ1v) is 9.59. The van der Waals surface area contributed by atoms with Gasteiger partial charge in [-0.1, -0.05) is 18.2 Å². The normalized spacial score (nSPS) is 16.4. The van der Waals surface area contributed by atoms with Gasteiger partial charge in [0, 0.05) is 18.4 Å². The number of para-hydroxylation sites is 1. The maximum Gasteiger partial charge on any atom is 0.410 e.